The molecule has 0 saturated carbocycles. The Labute approximate surface area is 154 Å². The van der Waals surface area contributed by atoms with Crippen molar-refractivity contribution < 1.29 is 13.2 Å². The average Bonchev–Trinajstić information content (AvgIpc) is 2.92. The van der Waals surface area contributed by atoms with E-state index in [1.165, 1.54) is 0 Å². The number of hydrogen-bond donors (Lipinski definition) is 1. The summed E-state index contributed by atoms with van der Waals surface area (Å²) in [4.78, 5) is 11.2. The molecule has 3 heterocycles. The third-order valence-corrected chi connectivity index (χ3v) is 5.35. The van der Waals surface area contributed by atoms with E-state index in [1.807, 2.05) is 35.6 Å². The number of aryl methyl sites for hydroxylation is 2. The van der Waals surface area contributed by atoms with Gasteiger partial charge in [0.25, 0.3) is 0 Å². The average molecular weight is 375 g/mol. The van der Waals surface area contributed by atoms with Gasteiger partial charge in [-0.2, -0.15) is 0 Å². The van der Waals surface area contributed by atoms with Crippen LogP contribution in [0.15, 0.2) is 24.3 Å². The molecule has 8 heteroatoms. The Morgan fingerprint density at radius 1 is 1.07 bits per heavy atom. The highest BCUT2D eigenvalue weighted by atomic mass is 19.2. The minimum atomic E-state index is -1.19. The Morgan fingerprint density at radius 2 is 1.81 bits per heavy atom. The smallest absolute Gasteiger partial charge is 0.162 e. The molecule has 2 N–H and O–H groups in total. The van der Waals surface area contributed by atoms with Gasteiger partial charge in [-0.05, 0) is 37.1 Å². The number of hydrogen-bond acceptors (Lipinski definition) is 4. The van der Waals surface area contributed by atoms with Crippen LogP contribution in [-0.4, -0.2) is 33.7 Å². The fourth-order valence-electron chi connectivity index (χ4n) is 3.74. The Bertz CT molecular complexity index is 1020. The molecule has 1 saturated heterocycles. The van der Waals surface area contributed by atoms with Crippen LogP contribution in [0.5, 0.6) is 0 Å². The van der Waals surface area contributed by atoms with Crippen molar-refractivity contribution in [1.29, 1.82) is 0 Å². The number of imidazole rings is 1. The van der Waals surface area contributed by atoms with E-state index in [1.54, 1.807) is 0 Å². The molecule has 0 aliphatic carbocycles. The summed E-state index contributed by atoms with van der Waals surface area (Å²) < 4.78 is 42.8. The standard InChI is InChI=1S/C19H20F3N5/c1-10-24-17-3-4-18(25-19(17)26(10)2)27-6-5-11(16(23)9-27)12-7-14(21)15(22)8-13(12)20/h3-4,7-8,11,16H,5-6,9,23H2,1-2H3/t11-,16?/m1/s1. The third-order valence-electron chi connectivity index (χ3n) is 5.35. The van der Waals surface area contributed by atoms with Gasteiger partial charge in [-0.1, -0.05) is 0 Å². The van der Waals surface area contributed by atoms with Gasteiger partial charge in [0.05, 0.1) is 0 Å². The van der Waals surface area contributed by atoms with E-state index in [4.69, 9.17) is 5.73 Å². The van der Waals surface area contributed by atoms with Gasteiger partial charge in [0, 0.05) is 38.2 Å². The van der Waals surface area contributed by atoms with Crippen molar-refractivity contribution >= 4 is 17.0 Å². The van der Waals surface area contributed by atoms with Crippen LogP contribution in [0.3, 0.4) is 0 Å². The van der Waals surface area contributed by atoms with Crippen LogP contribution in [0.25, 0.3) is 11.2 Å². The first-order chi connectivity index (χ1) is 12.8. The van der Waals surface area contributed by atoms with Gasteiger partial charge in [0.15, 0.2) is 17.3 Å². The molecule has 1 fully saturated rings. The van der Waals surface area contributed by atoms with Crippen LogP contribution in [0, 0.1) is 24.4 Å². The Hall–Kier alpha value is -2.61. The topological polar surface area (TPSA) is 60.0 Å². The lowest BCUT2D eigenvalue weighted by molar-refractivity contribution is 0.416. The lowest BCUT2D eigenvalue weighted by atomic mass is 9.85. The van der Waals surface area contributed by atoms with Gasteiger partial charge in [0.1, 0.15) is 23.0 Å². The van der Waals surface area contributed by atoms with E-state index >= 15 is 0 Å². The molecular formula is C19H20F3N5. The molecule has 1 aliphatic rings. The summed E-state index contributed by atoms with van der Waals surface area (Å²) in [5, 5.41) is 0. The maximum absolute atomic E-state index is 14.1. The molecule has 1 aromatic carbocycles. The van der Waals surface area contributed by atoms with E-state index in [0.29, 0.717) is 25.6 Å². The molecule has 0 amide bonds. The van der Waals surface area contributed by atoms with E-state index in [2.05, 4.69) is 9.97 Å². The van der Waals surface area contributed by atoms with Gasteiger partial charge in [-0.15, -0.1) is 0 Å². The van der Waals surface area contributed by atoms with Crippen LogP contribution in [0.2, 0.25) is 0 Å². The molecule has 27 heavy (non-hydrogen) atoms. The first-order valence-corrected chi connectivity index (χ1v) is 8.80. The predicted molar refractivity (Wildman–Crippen MR) is 97.1 cm³/mol. The second-order valence-electron chi connectivity index (χ2n) is 7.02. The lowest BCUT2D eigenvalue weighted by Gasteiger charge is -2.37. The van der Waals surface area contributed by atoms with E-state index < -0.39 is 23.5 Å². The van der Waals surface area contributed by atoms with Crippen LogP contribution in [0.1, 0.15) is 23.7 Å². The molecular weight excluding hydrogens is 355 g/mol. The second kappa shape index (κ2) is 6.53. The van der Waals surface area contributed by atoms with E-state index in [0.717, 1.165) is 28.9 Å². The van der Waals surface area contributed by atoms with Crippen molar-refractivity contribution in [3.63, 3.8) is 0 Å². The fraction of sp³-hybridized carbons (Fsp3) is 0.368. The quantitative estimate of drug-likeness (QED) is 0.700. The zero-order chi connectivity index (χ0) is 19.3. The third kappa shape index (κ3) is 3.03. The zero-order valence-corrected chi connectivity index (χ0v) is 15.1. The minimum absolute atomic E-state index is 0.131. The minimum Gasteiger partial charge on any atom is -0.355 e. The van der Waals surface area contributed by atoms with Crippen molar-refractivity contribution in [3.8, 4) is 0 Å². The number of nitrogens with zero attached hydrogens (tertiary/aromatic N) is 4. The van der Waals surface area contributed by atoms with Crippen LogP contribution in [-0.2, 0) is 7.05 Å². The molecule has 3 aromatic rings. The first kappa shape index (κ1) is 17.8. The van der Waals surface area contributed by atoms with E-state index in [9.17, 15) is 13.2 Å². The maximum Gasteiger partial charge on any atom is 0.162 e. The highest BCUT2D eigenvalue weighted by Gasteiger charge is 2.31. The molecule has 142 valence electrons. The number of nitrogens with two attached hydrogens (primary N) is 1. The summed E-state index contributed by atoms with van der Waals surface area (Å²) in [7, 11) is 1.91. The van der Waals surface area contributed by atoms with E-state index in [-0.39, 0.29) is 11.5 Å². The monoisotopic (exact) mass is 375 g/mol. The SMILES string of the molecule is Cc1nc2ccc(N3CC[C@H](c4cc(F)c(F)cc4F)C(N)C3)nc2n1C. The van der Waals surface area contributed by atoms with Crippen LogP contribution < -0.4 is 10.6 Å². The number of fused-ring (bicyclic) bond motifs is 1. The number of pyridine rings is 1. The van der Waals surface area contributed by atoms with Gasteiger partial charge in [0.2, 0.25) is 0 Å². The molecule has 0 radical (unpaired) electrons. The van der Waals surface area contributed by atoms with Gasteiger partial charge in [-0.25, -0.2) is 23.1 Å². The second-order valence-corrected chi connectivity index (χ2v) is 7.02. The number of rotatable bonds is 2. The normalized spacial score (nSPS) is 20.4. The molecule has 1 aliphatic heterocycles. The van der Waals surface area contributed by atoms with Crippen LogP contribution in [0.4, 0.5) is 19.0 Å². The van der Waals surface area contributed by atoms with Crippen molar-refractivity contribution in [2.45, 2.75) is 25.3 Å². The molecule has 2 atom stereocenters. The zero-order valence-electron chi connectivity index (χ0n) is 15.1. The molecule has 0 spiro atoms. The number of piperidine rings is 1. The maximum atomic E-state index is 14.1. The first-order valence-electron chi connectivity index (χ1n) is 8.80. The number of halogens is 3. The highest BCUT2D eigenvalue weighted by molar-refractivity contribution is 5.74. The van der Waals surface area contributed by atoms with Gasteiger partial charge in [-0.3, -0.25) is 0 Å². The van der Waals surface area contributed by atoms with Crippen molar-refractivity contribution in [1.82, 2.24) is 14.5 Å². The lowest BCUT2D eigenvalue weighted by Crippen LogP contribution is -2.48. The molecule has 5 nitrogen and oxygen atoms in total. The van der Waals surface area contributed by atoms with Crippen molar-refractivity contribution in [2.75, 3.05) is 18.0 Å². The Kier molecular flexibility index (Phi) is 4.30. The van der Waals surface area contributed by atoms with Gasteiger partial charge >= 0.3 is 0 Å². The number of benzene rings is 1. The summed E-state index contributed by atoms with van der Waals surface area (Å²) in [6, 6.07) is 4.89. The fourth-order valence-corrected chi connectivity index (χ4v) is 3.74. The molecule has 2 aromatic heterocycles. The predicted octanol–water partition coefficient (Wildman–Crippen LogP) is 3.02. The molecule has 4 rings (SSSR count). The van der Waals surface area contributed by atoms with Crippen molar-refractivity contribution in [2.24, 2.45) is 12.8 Å². The summed E-state index contributed by atoms with van der Waals surface area (Å²) in [5.41, 5.74) is 8.01. The highest BCUT2D eigenvalue weighted by Crippen LogP contribution is 2.32. The largest absolute Gasteiger partial charge is 0.355 e. The summed E-state index contributed by atoms with van der Waals surface area (Å²) >= 11 is 0. The van der Waals surface area contributed by atoms with Gasteiger partial charge < -0.3 is 15.2 Å². The Morgan fingerprint density at radius 3 is 2.56 bits per heavy atom. The molecule has 1 unspecified atom stereocenters. The summed E-state index contributed by atoms with van der Waals surface area (Å²) in [6.45, 7) is 2.95. The molecule has 0 bridgehead atoms. The number of aromatic nitrogens is 3. The Balaban J connectivity index is 1.59. The summed E-state index contributed by atoms with van der Waals surface area (Å²) in [5.74, 6) is -1.73. The van der Waals surface area contributed by atoms with Crippen LogP contribution >= 0.6 is 0 Å². The number of anilines is 1. The van der Waals surface area contributed by atoms with Crippen molar-refractivity contribution in [3.05, 3.63) is 53.1 Å². The summed E-state index contributed by atoms with van der Waals surface area (Å²) in [6.07, 6.45) is 0.521.